The van der Waals surface area contributed by atoms with Gasteiger partial charge in [-0.3, -0.25) is 0 Å². The van der Waals surface area contributed by atoms with Crippen molar-refractivity contribution in [1.29, 1.82) is 0 Å². The van der Waals surface area contributed by atoms with E-state index in [1.807, 2.05) is 7.05 Å². The molecule has 0 atom stereocenters. The third-order valence-corrected chi connectivity index (χ3v) is 2.05. The topological polar surface area (TPSA) is 30.5 Å². The van der Waals surface area contributed by atoms with Gasteiger partial charge in [-0.2, -0.15) is 0 Å². The van der Waals surface area contributed by atoms with E-state index in [1.165, 1.54) is 0 Å². The minimum atomic E-state index is 0.0111. The van der Waals surface area contributed by atoms with Gasteiger partial charge in [0, 0.05) is 0 Å². The lowest BCUT2D eigenvalue weighted by Gasteiger charge is -2.42. The van der Waals surface area contributed by atoms with Crippen LogP contribution in [0.3, 0.4) is 0 Å². The van der Waals surface area contributed by atoms with Crippen molar-refractivity contribution in [2.45, 2.75) is 32.0 Å². The van der Waals surface area contributed by atoms with E-state index < -0.39 is 0 Å². The predicted octanol–water partition coefficient (Wildman–Crippen LogP) is 0.790. The van der Waals surface area contributed by atoms with Crippen LogP contribution in [0.15, 0.2) is 0 Å². The fraction of sp³-hybridized carbons (Fsp3) is 1.00. The van der Waals surface area contributed by atoms with Crippen molar-refractivity contribution in [2.75, 3.05) is 26.8 Å². The molecule has 0 radical (unpaired) electrons. The largest absolute Gasteiger partial charge is 0.375 e. The standard InChI is InChI=1S/C9H19NO2/c1-8(2)12-9(4-5-10-3)6-11-7-9/h8,10H,4-7H2,1-3H3. The molecule has 0 spiro atoms. The molecule has 3 heteroatoms. The first-order chi connectivity index (χ1) is 5.68. The Labute approximate surface area is 74.4 Å². The highest BCUT2D eigenvalue weighted by atomic mass is 16.6. The van der Waals surface area contributed by atoms with Crippen LogP contribution >= 0.6 is 0 Å². The van der Waals surface area contributed by atoms with Crippen LogP contribution in [0.1, 0.15) is 20.3 Å². The van der Waals surface area contributed by atoms with Crippen molar-refractivity contribution < 1.29 is 9.47 Å². The minimum Gasteiger partial charge on any atom is -0.375 e. The summed E-state index contributed by atoms with van der Waals surface area (Å²) in [6.45, 7) is 6.65. The second-order valence-corrected chi connectivity index (χ2v) is 3.70. The molecule has 0 aliphatic carbocycles. The number of rotatable bonds is 5. The molecule has 0 aromatic carbocycles. The van der Waals surface area contributed by atoms with Gasteiger partial charge >= 0.3 is 0 Å². The number of ether oxygens (including phenoxy) is 2. The summed E-state index contributed by atoms with van der Waals surface area (Å²) in [6.07, 6.45) is 1.34. The molecule has 1 rings (SSSR count). The summed E-state index contributed by atoms with van der Waals surface area (Å²) in [4.78, 5) is 0. The highest BCUT2D eigenvalue weighted by molar-refractivity contribution is 4.88. The van der Waals surface area contributed by atoms with Gasteiger partial charge in [0.25, 0.3) is 0 Å². The molecule has 1 aliphatic rings. The van der Waals surface area contributed by atoms with Crippen LogP contribution in [0.25, 0.3) is 0 Å². The molecule has 72 valence electrons. The summed E-state index contributed by atoms with van der Waals surface area (Å²) >= 11 is 0. The molecular formula is C9H19NO2. The minimum absolute atomic E-state index is 0.0111. The molecule has 1 aliphatic heterocycles. The van der Waals surface area contributed by atoms with E-state index >= 15 is 0 Å². The summed E-state index contributed by atoms with van der Waals surface area (Å²) in [5.74, 6) is 0. The Hall–Kier alpha value is -0.120. The average molecular weight is 173 g/mol. The molecule has 0 amide bonds. The van der Waals surface area contributed by atoms with Crippen LogP contribution in [0.2, 0.25) is 0 Å². The van der Waals surface area contributed by atoms with Crippen molar-refractivity contribution in [1.82, 2.24) is 5.32 Å². The number of hydrogen-bond acceptors (Lipinski definition) is 3. The third kappa shape index (κ3) is 2.44. The summed E-state index contributed by atoms with van der Waals surface area (Å²) in [7, 11) is 1.96. The van der Waals surface area contributed by atoms with Crippen molar-refractivity contribution in [3.05, 3.63) is 0 Å². The monoisotopic (exact) mass is 173 g/mol. The maximum Gasteiger partial charge on any atom is 0.116 e. The Bertz CT molecular complexity index is 132. The van der Waals surface area contributed by atoms with Crippen LogP contribution in [0, 0.1) is 0 Å². The molecule has 12 heavy (non-hydrogen) atoms. The highest BCUT2D eigenvalue weighted by Gasteiger charge is 2.39. The molecule has 3 nitrogen and oxygen atoms in total. The molecule has 0 aromatic rings. The zero-order valence-electron chi connectivity index (χ0n) is 8.22. The molecule has 0 aromatic heterocycles. The fourth-order valence-corrected chi connectivity index (χ4v) is 1.45. The van der Waals surface area contributed by atoms with Gasteiger partial charge in [0.05, 0.1) is 19.3 Å². The van der Waals surface area contributed by atoms with Crippen LogP contribution < -0.4 is 5.32 Å². The molecule has 0 unspecified atom stereocenters. The normalized spacial score (nSPS) is 21.0. The van der Waals surface area contributed by atoms with Crippen LogP contribution in [0.4, 0.5) is 0 Å². The molecule has 1 heterocycles. The first-order valence-electron chi connectivity index (χ1n) is 4.59. The predicted molar refractivity (Wildman–Crippen MR) is 48.3 cm³/mol. The second kappa shape index (κ2) is 4.21. The van der Waals surface area contributed by atoms with E-state index in [4.69, 9.17) is 9.47 Å². The van der Waals surface area contributed by atoms with Gasteiger partial charge in [0.1, 0.15) is 5.60 Å². The second-order valence-electron chi connectivity index (χ2n) is 3.70. The Morgan fingerprint density at radius 2 is 2.17 bits per heavy atom. The third-order valence-electron chi connectivity index (χ3n) is 2.05. The molecule has 1 fully saturated rings. The molecular weight excluding hydrogens is 154 g/mol. The van der Waals surface area contributed by atoms with Gasteiger partial charge in [-0.1, -0.05) is 0 Å². The van der Waals surface area contributed by atoms with Crippen LogP contribution in [0.5, 0.6) is 0 Å². The van der Waals surface area contributed by atoms with E-state index in [2.05, 4.69) is 19.2 Å². The van der Waals surface area contributed by atoms with Gasteiger partial charge in [-0.05, 0) is 33.9 Å². The maximum absolute atomic E-state index is 5.81. The highest BCUT2D eigenvalue weighted by Crippen LogP contribution is 2.26. The van der Waals surface area contributed by atoms with Gasteiger partial charge in [0.2, 0.25) is 0 Å². The lowest BCUT2D eigenvalue weighted by Crippen LogP contribution is -2.54. The van der Waals surface area contributed by atoms with Crippen molar-refractivity contribution in [3.8, 4) is 0 Å². The number of nitrogens with one attached hydrogen (secondary N) is 1. The molecule has 0 bridgehead atoms. The van der Waals surface area contributed by atoms with E-state index in [1.54, 1.807) is 0 Å². The van der Waals surface area contributed by atoms with Crippen molar-refractivity contribution >= 4 is 0 Å². The summed E-state index contributed by atoms with van der Waals surface area (Å²) in [5, 5.41) is 3.13. The summed E-state index contributed by atoms with van der Waals surface area (Å²) in [5.41, 5.74) is 0.0111. The van der Waals surface area contributed by atoms with Gasteiger partial charge in [-0.25, -0.2) is 0 Å². The van der Waals surface area contributed by atoms with Gasteiger partial charge < -0.3 is 14.8 Å². The SMILES string of the molecule is CNCCC1(OC(C)C)COC1. The Kier molecular flexibility index (Phi) is 3.50. The van der Waals surface area contributed by atoms with Crippen molar-refractivity contribution in [2.24, 2.45) is 0 Å². The Morgan fingerprint density at radius 3 is 2.50 bits per heavy atom. The van der Waals surface area contributed by atoms with Crippen LogP contribution in [-0.2, 0) is 9.47 Å². The molecule has 1 saturated heterocycles. The Balaban J connectivity index is 2.29. The van der Waals surface area contributed by atoms with Gasteiger partial charge in [-0.15, -0.1) is 0 Å². The van der Waals surface area contributed by atoms with E-state index in [9.17, 15) is 0 Å². The number of hydrogen-bond donors (Lipinski definition) is 1. The first-order valence-corrected chi connectivity index (χ1v) is 4.59. The maximum atomic E-state index is 5.81. The lowest BCUT2D eigenvalue weighted by molar-refractivity contribution is -0.227. The zero-order valence-corrected chi connectivity index (χ0v) is 8.22. The summed E-state index contributed by atoms with van der Waals surface area (Å²) < 4.78 is 11.0. The van der Waals surface area contributed by atoms with Gasteiger partial charge in [0.15, 0.2) is 0 Å². The smallest absolute Gasteiger partial charge is 0.116 e. The van der Waals surface area contributed by atoms with E-state index in [0.717, 1.165) is 26.2 Å². The zero-order chi connectivity index (χ0) is 9.03. The fourth-order valence-electron chi connectivity index (χ4n) is 1.45. The van der Waals surface area contributed by atoms with Crippen molar-refractivity contribution in [3.63, 3.8) is 0 Å². The lowest BCUT2D eigenvalue weighted by atomic mass is 9.97. The van der Waals surface area contributed by atoms with E-state index in [0.29, 0.717) is 6.10 Å². The van der Waals surface area contributed by atoms with E-state index in [-0.39, 0.29) is 5.60 Å². The quantitative estimate of drug-likeness (QED) is 0.666. The molecule has 0 saturated carbocycles. The average Bonchev–Trinajstić information content (AvgIpc) is 1.94. The Morgan fingerprint density at radius 1 is 1.50 bits per heavy atom. The molecule has 1 N–H and O–H groups in total. The first kappa shape index (κ1) is 9.96. The van der Waals surface area contributed by atoms with Crippen LogP contribution in [-0.4, -0.2) is 38.5 Å². The summed E-state index contributed by atoms with van der Waals surface area (Å²) in [6, 6.07) is 0.